The Morgan fingerprint density at radius 1 is 0.855 bits per heavy atom. The van der Waals surface area contributed by atoms with E-state index in [-0.39, 0.29) is 17.0 Å². The molecule has 7 rings (SSSR count). The normalized spacial score (nSPS) is 27.2. The van der Waals surface area contributed by atoms with Crippen molar-refractivity contribution in [2.45, 2.75) is 100 Å². The lowest BCUT2D eigenvalue weighted by molar-refractivity contribution is -0.175. The van der Waals surface area contributed by atoms with E-state index in [1.165, 1.54) is 17.5 Å². The molecule has 0 radical (unpaired) electrons. The molecule has 11 heteroatoms. The number of fused-ring (bicyclic) bond motifs is 2. The second-order valence-electron chi connectivity index (χ2n) is 17.9. The molecule has 2 spiro atoms. The standard InChI is InChI=1S/C44H58N2O7Si2/c1-41(2,3)55(33-18-11-9-12-19-33,34-20-13-10-14-21-34)52-29-27-44-35-22-15-16-23-37(35)46(40(48)50-5)43(44)26-25-42(32-36(43)38(49-4)53-44)24-17-28-45(42)39(47)51-30-31-54(6,7)8/h9-24,36,38H,25-32H2,1-8H3/t36-,38+,42+,43+,44+/m0/s1. The van der Waals surface area contributed by atoms with Crippen LogP contribution in [-0.4, -0.2) is 84.8 Å². The Balaban J connectivity index is 1.30. The number of carbonyl (C=O) groups is 2. The monoisotopic (exact) mass is 782 g/mol. The van der Waals surface area contributed by atoms with Crippen LogP contribution in [-0.2, 0) is 29.0 Å². The van der Waals surface area contributed by atoms with Crippen molar-refractivity contribution in [3.05, 3.63) is 103 Å². The van der Waals surface area contributed by atoms with Crippen LogP contribution < -0.4 is 15.3 Å². The van der Waals surface area contributed by atoms with Crippen LogP contribution in [0.5, 0.6) is 0 Å². The van der Waals surface area contributed by atoms with E-state index in [0.717, 1.165) is 17.3 Å². The number of rotatable bonds is 10. The molecule has 4 aliphatic rings. The van der Waals surface area contributed by atoms with E-state index in [0.29, 0.717) is 45.4 Å². The van der Waals surface area contributed by atoms with Gasteiger partial charge in [0, 0.05) is 46.2 Å². The zero-order chi connectivity index (χ0) is 39.3. The first-order valence-electron chi connectivity index (χ1n) is 19.8. The first-order chi connectivity index (χ1) is 26.2. The van der Waals surface area contributed by atoms with E-state index >= 15 is 0 Å². The average molecular weight is 783 g/mol. The predicted octanol–water partition coefficient (Wildman–Crippen LogP) is 8.06. The Morgan fingerprint density at radius 2 is 1.49 bits per heavy atom. The van der Waals surface area contributed by atoms with Crippen LogP contribution in [0.4, 0.5) is 15.3 Å². The van der Waals surface area contributed by atoms with Crippen molar-refractivity contribution in [3.63, 3.8) is 0 Å². The highest BCUT2D eigenvalue weighted by atomic mass is 28.4. The van der Waals surface area contributed by atoms with Gasteiger partial charge in [-0.2, -0.15) is 0 Å². The molecule has 5 atom stereocenters. The summed E-state index contributed by atoms with van der Waals surface area (Å²) in [5, 5.41) is 2.19. The molecule has 0 bridgehead atoms. The topological polar surface area (TPSA) is 86.8 Å². The van der Waals surface area contributed by atoms with Crippen molar-refractivity contribution in [3.8, 4) is 0 Å². The molecular weight excluding hydrogens is 725 g/mol. The van der Waals surface area contributed by atoms with Gasteiger partial charge in [-0.1, -0.05) is 131 Å². The molecule has 2 amide bonds. The lowest BCUT2D eigenvalue weighted by Gasteiger charge is -2.54. The van der Waals surface area contributed by atoms with Gasteiger partial charge in [-0.05, 0) is 46.8 Å². The minimum Gasteiger partial charge on any atom is -0.452 e. The van der Waals surface area contributed by atoms with E-state index in [1.54, 1.807) is 7.11 Å². The minimum absolute atomic E-state index is 0.218. The Morgan fingerprint density at radius 3 is 2.09 bits per heavy atom. The summed E-state index contributed by atoms with van der Waals surface area (Å²) >= 11 is 0. The molecule has 55 heavy (non-hydrogen) atoms. The van der Waals surface area contributed by atoms with E-state index in [9.17, 15) is 9.59 Å². The van der Waals surface area contributed by atoms with Gasteiger partial charge in [-0.15, -0.1) is 0 Å². The van der Waals surface area contributed by atoms with Crippen LogP contribution in [0.15, 0.2) is 97.1 Å². The third-order valence-corrected chi connectivity index (χ3v) is 19.5. The van der Waals surface area contributed by atoms with Gasteiger partial charge in [0.15, 0.2) is 6.29 Å². The van der Waals surface area contributed by atoms with Crippen molar-refractivity contribution >= 4 is 44.6 Å². The van der Waals surface area contributed by atoms with Crippen molar-refractivity contribution in [2.24, 2.45) is 5.92 Å². The first-order valence-corrected chi connectivity index (χ1v) is 25.4. The van der Waals surface area contributed by atoms with E-state index in [1.807, 2.05) is 28.0 Å². The summed E-state index contributed by atoms with van der Waals surface area (Å²) in [6.45, 7) is 15.0. The van der Waals surface area contributed by atoms with Crippen LogP contribution in [0.25, 0.3) is 0 Å². The second kappa shape index (κ2) is 14.6. The summed E-state index contributed by atoms with van der Waals surface area (Å²) in [6, 6.07) is 30.3. The largest absolute Gasteiger partial charge is 0.452 e. The van der Waals surface area contributed by atoms with Crippen LogP contribution in [0.1, 0.15) is 52.0 Å². The highest BCUT2D eigenvalue weighted by molar-refractivity contribution is 6.99. The summed E-state index contributed by atoms with van der Waals surface area (Å²) in [7, 11) is -1.19. The molecule has 1 aliphatic carbocycles. The molecule has 1 saturated carbocycles. The molecule has 3 heterocycles. The second-order valence-corrected chi connectivity index (χ2v) is 27.8. The maximum atomic E-state index is 14.2. The molecule has 3 aromatic rings. The van der Waals surface area contributed by atoms with Crippen LogP contribution in [0.3, 0.4) is 0 Å². The zero-order valence-corrected chi connectivity index (χ0v) is 35.8. The van der Waals surface area contributed by atoms with Crippen LogP contribution in [0.2, 0.25) is 30.7 Å². The highest BCUT2D eigenvalue weighted by Gasteiger charge is 2.77. The summed E-state index contributed by atoms with van der Waals surface area (Å²) in [6.07, 6.45) is 5.01. The molecule has 2 fully saturated rings. The summed E-state index contributed by atoms with van der Waals surface area (Å²) in [5.41, 5.74) is -0.767. The molecular formula is C44H58N2O7Si2. The fourth-order valence-electron chi connectivity index (χ4n) is 10.3. The maximum Gasteiger partial charge on any atom is 0.414 e. The Bertz CT molecular complexity index is 1860. The van der Waals surface area contributed by atoms with Gasteiger partial charge in [-0.25, -0.2) is 9.59 Å². The zero-order valence-electron chi connectivity index (χ0n) is 33.8. The number of methoxy groups -OCH3 is 2. The Kier molecular flexibility index (Phi) is 10.5. The fourth-order valence-corrected chi connectivity index (χ4v) is 15.6. The summed E-state index contributed by atoms with van der Waals surface area (Å²) in [5.74, 6) is -0.314. The van der Waals surface area contributed by atoms with Crippen molar-refractivity contribution in [2.75, 3.05) is 38.9 Å². The Labute approximate surface area is 329 Å². The lowest BCUT2D eigenvalue weighted by Crippen LogP contribution is -2.68. The average Bonchev–Trinajstić information content (AvgIpc) is 3.77. The molecule has 3 aromatic carbocycles. The van der Waals surface area contributed by atoms with Crippen molar-refractivity contribution < 1.29 is 33.0 Å². The molecule has 294 valence electrons. The van der Waals surface area contributed by atoms with E-state index in [2.05, 4.69) is 119 Å². The van der Waals surface area contributed by atoms with Crippen molar-refractivity contribution in [1.82, 2.24) is 4.90 Å². The van der Waals surface area contributed by atoms with Crippen LogP contribution >= 0.6 is 0 Å². The van der Waals surface area contributed by atoms with E-state index in [4.69, 9.17) is 23.4 Å². The molecule has 0 unspecified atom stereocenters. The van der Waals surface area contributed by atoms with Gasteiger partial charge < -0.3 is 23.4 Å². The van der Waals surface area contributed by atoms with Crippen LogP contribution in [0, 0.1) is 5.92 Å². The molecule has 3 aliphatic heterocycles. The number of amides is 2. The maximum absolute atomic E-state index is 14.2. The minimum atomic E-state index is -2.90. The number of carbonyl (C=O) groups excluding carboxylic acids is 2. The van der Waals surface area contributed by atoms with Crippen molar-refractivity contribution in [1.29, 1.82) is 0 Å². The van der Waals surface area contributed by atoms with Gasteiger partial charge in [0.25, 0.3) is 8.32 Å². The predicted molar refractivity (Wildman–Crippen MR) is 221 cm³/mol. The third kappa shape index (κ3) is 6.30. The molecule has 1 saturated heterocycles. The summed E-state index contributed by atoms with van der Waals surface area (Å²) < 4.78 is 32.7. The quantitative estimate of drug-likeness (QED) is 0.152. The number of ether oxygens (including phenoxy) is 4. The third-order valence-electron chi connectivity index (χ3n) is 12.8. The first kappa shape index (κ1) is 39.5. The van der Waals surface area contributed by atoms with Gasteiger partial charge >= 0.3 is 12.2 Å². The number of hydrogen-bond donors (Lipinski definition) is 0. The van der Waals surface area contributed by atoms with Gasteiger partial charge in [0.05, 0.1) is 30.5 Å². The fraction of sp³-hybridized carbons (Fsp3) is 0.500. The molecule has 0 N–H and O–H groups in total. The number of para-hydroxylation sites is 1. The molecule has 9 nitrogen and oxygen atoms in total. The Hall–Kier alpha value is -3.75. The highest BCUT2D eigenvalue weighted by Crippen LogP contribution is 2.68. The number of benzene rings is 3. The van der Waals surface area contributed by atoms with E-state index < -0.39 is 45.5 Å². The number of hydrogen-bond acceptors (Lipinski definition) is 7. The summed E-state index contributed by atoms with van der Waals surface area (Å²) in [4.78, 5) is 31.8. The van der Waals surface area contributed by atoms with Gasteiger partial charge in [0.2, 0.25) is 0 Å². The van der Waals surface area contributed by atoms with Gasteiger partial charge in [-0.3, -0.25) is 9.80 Å². The number of anilines is 1. The number of nitrogens with zero attached hydrogens (tertiary/aromatic N) is 2. The molecule has 0 aromatic heterocycles. The lowest BCUT2D eigenvalue weighted by atomic mass is 9.59. The SMILES string of the molecule is COC(=O)N1c2ccccc2[C@@]2(CCO[Si](c3ccccc3)(c3ccccc3)C(C)(C)C)O[C@@H](OC)[C@@H]3C[C@@]4(C=CCN4C(=O)OCC[Si](C)(C)C)CC[C@]312. The smallest absolute Gasteiger partial charge is 0.414 e. The van der Waals surface area contributed by atoms with Gasteiger partial charge in [0.1, 0.15) is 5.60 Å².